The summed E-state index contributed by atoms with van der Waals surface area (Å²) in [5.41, 5.74) is 0.824. The van der Waals surface area contributed by atoms with Gasteiger partial charge in [-0.25, -0.2) is 4.39 Å². The van der Waals surface area contributed by atoms with E-state index in [0.717, 1.165) is 5.75 Å². The Hall–Kier alpha value is -3.14. The molecule has 3 aromatic rings. The minimum absolute atomic E-state index is 0.363. The van der Waals surface area contributed by atoms with Crippen LogP contribution < -0.4 is 4.74 Å². The number of carbonyl (C=O) groups is 2. The second kappa shape index (κ2) is 10.4. The number of piperazine rings is 1. The molecule has 0 aliphatic carbocycles. The zero-order chi connectivity index (χ0) is 24.2. The van der Waals surface area contributed by atoms with Crippen LogP contribution in [0.4, 0.5) is 4.39 Å². The molecule has 0 saturated carbocycles. The van der Waals surface area contributed by atoms with Gasteiger partial charge in [-0.1, -0.05) is 11.6 Å². The summed E-state index contributed by atoms with van der Waals surface area (Å²) in [5.74, 6) is -1.89. The lowest BCUT2D eigenvalue weighted by molar-refractivity contribution is -0.144. The molecule has 1 aliphatic heterocycles. The van der Waals surface area contributed by atoms with Crippen LogP contribution in [-0.2, 0) is 16.1 Å². The molecule has 8 nitrogen and oxygen atoms in total. The fraction of sp³-hybridized carbons (Fsp3) is 0.333. The van der Waals surface area contributed by atoms with E-state index in [1.165, 1.54) is 29.0 Å². The smallest absolute Gasteiger partial charge is 0.325 e. The number of carboxylic acid groups (broad SMARTS) is 2. The molecule has 1 saturated heterocycles. The van der Waals surface area contributed by atoms with Gasteiger partial charge < -0.3 is 19.5 Å². The average Bonchev–Trinajstić information content (AvgIpc) is 3.12. The third kappa shape index (κ3) is 5.49. The second-order valence-electron chi connectivity index (χ2n) is 8.19. The Morgan fingerprint density at radius 3 is 2.41 bits per heavy atom. The van der Waals surface area contributed by atoms with Crippen molar-refractivity contribution in [3.8, 4) is 5.75 Å². The molecule has 2 aromatic carbocycles. The number of hydrogen-bond acceptors (Lipinski definition) is 5. The van der Waals surface area contributed by atoms with E-state index in [-0.39, 0.29) is 6.54 Å². The predicted molar refractivity (Wildman–Crippen MR) is 125 cm³/mol. The molecule has 0 amide bonds. The van der Waals surface area contributed by atoms with E-state index < -0.39 is 23.8 Å². The van der Waals surface area contributed by atoms with Crippen molar-refractivity contribution in [2.45, 2.75) is 12.6 Å². The van der Waals surface area contributed by atoms with Crippen molar-refractivity contribution in [3.05, 3.63) is 65.1 Å². The quantitative estimate of drug-likeness (QED) is 0.476. The SMILES string of the molecule is O=C(O)Cn1cc([C@H](C(=O)O)N2CCN(CCOc3ccc(Cl)cc3)CC2)c2ccc(F)cc21. The lowest BCUT2D eigenvalue weighted by Crippen LogP contribution is -2.50. The zero-order valence-corrected chi connectivity index (χ0v) is 19.1. The molecule has 180 valence electrons. The summed E-state index contributed by atoms with van der Waals surface area (Å²) in [7, 11) is 0. The second-order valence-corrected chi connectivity index (χ2v) is 8.62. The van der Waals surface area contributed by atoms with Crippen molar-refractivity contribution >= 4 is 34.4 Å². The van der Waals surface area contributed by atoms with Crippen LogP contribution in [0.2, 0.25) is 5.02 Å². The van der Waals surface area contributed by atoms with Crippen LogP contribution in [0.25, 0.3) is 10.9 Å². The van der Waals surface area contributed by atoms with Crippen LogP contribution in [0.1, 0.15) is 11.6 Å². The summed E-state index contributed by atoms with van der Waals surface area (Å²) in [6.07, 6.45) is 1.52. The molecule has 1 atom stereocenters. The highest BCUT2D eigenvalue weighted by Gasteiger charge is 2.33. The lowest BCUT2D eigenvalue weighted by atomic mass is 10.0. The predicted octanol–water partition coefficient (Wildman–Crippen LogP) is 3.34. The first kappa shape index (κ1) is 24.0. The zero-order valence-electron chi connectivity index (χ0n) is 18.4. The Labute approximate surface area is 200 Å². The van der Waals surface area contributed by atoms with Gasteiger partial charge in [0.2, 0.25) is 0 Å². The molecule has 1 aliphatic rings. The van der Waals surface area contributed by atoms with Crippen LogP contribution in [0, 0.1) is 5.82 Å². The number of fused-ring (bicyclic) bond motifs is 1. The summed E-state index contributed by atoms with van der Waals surface area (Å²) in [6, 6.07) is 10.2. The topological polar surface area (TPSA) is 95.2 Å². The molecule has 0 bridgehead atoms. The van der Waals surface area contributed by atoms with E-state index in [1.54, 1.807) is 12.1 Å². The number of hydrogen-bond donors (Lipinski definition) is 2. The van der Waals surface area contributed by atoms with E-state index in [9.17, 15) is 24.2 Å². The molecule has 2 heterocycles. The third-order valence-electron chi connectivity index (χ3n) is 5.97. The van der Waals surface area contributed by atoms with E-state index >= 15 is 0 Å². The van der Waals surface area contributed by atoms with Gasteiger partial charge in [0, 0.05) is 54.9 Å². The van der Waals surface area contributed by atoms with Crippen molar-refractivity contribution < 1.29 is 28.9 Å². The average molecular weight is 490 g/mol. The molecule has 0 unspecified atom stereocenters. The van der Waals surface area contributed by atoms with Crippen LogP contribution in [0.3, 0.4) is 0 Å². The molecular formula is C24H25ClFN3O5. The molecular weight excluding hydrogens is 465 g/mol. The van der Waals surface area contributed by atoms with Crippen LogP contribution in [0.15, 0.2) is 48.7 Å². The molecule has 4 rings (SSSR count). The first-order chi connectivity index (χ1) is 16.3. The number of aliphatic carboxylic acids is 2. The summed E-state index contributed by atoms with van der Waals surface area (Å²) in [4.78, 5) is 27.6. The number of halogens is 2. The van der Waals surface area contributed by atoms with Crippen molar-refractivity contribution in [1.29, 1.82) is 0 Å². The van der Waals surface area contributed by atoms with E-state index in [0.29, 0.717) is 60.8 Å². The number of benzene rings is 2. The summed E-state index contributed by atoms with van der Waals surface area (Å²) < 4.78 is 21.0. The Morgan fingerprint density at radius 1 is 1.06 bits per heavy atom. The van der Waals surface area contributed by atoms with Crippen LogP contribution in [-0.4, -0.2) is 75.8 Å². The molecule has 0 radical (unpaired) electrons. The number of carboxylic acids is 2. The van der Waals surface area contributed by atoms with E-state index in [1.807, 2.05) is 17.0 Å². The van der Waals surface area contributed by atoms with Gasteiger partial charge in [-0.3, -0.25) is 19.4 Å². The molecule has 2 N–H and O–H groups in total. The Bertz CT molecular complexity index is 1180. The Balaban J connectivity index is 1.44. The highest BCUT2D eigenvalue weighted by molar-refractivity contribution is 6.30. The van der Waals surface area contributed by atoms with Gasteiger partial charge in [0.25, 0.3) is 0 Å². The standard InChI is InChI=1S/C24H25ClFN3O5/c25-16-1-4-18(5-2-16)34-12-11-27-7-9-28(10-8-27)23(24(32)33)20-14-29(15-22(30)31)21-13-17(26)3-6-19(20)21/h1-6,13-14,23H,7-12,15H2,(H,30,31)(H,32,33)/t23-/m1/s1. The van der Waals surface area contributed by atoms with Gasteiger partial charge in [-0.15, -0.1) is 0 Å². The van der Waals surface area contributed by atoms with Crippen molar-refractivity contribution in [3.63, 3.8) is 0 Å². The minimum Gasteiger partial charge on any atom is -0.492 e. The molecule has 1 fully saturated rings. The monoisotopic (exact) mass is 489 g/mol. The summed E-state index contributed by atoms with van der Waals surface area (Å²) >= 11 is 5.88. The number of nitrogens with zero attached hydrogens (tertiary/aromatic N) is 3. The molecule has 34 heavy (non-hydrogen) atoms. The highest BCUT2D eigenvalue weighted by Crippen LogP contribution is 2.32. The van der Waals surface area contributed by atoms with Crippen molar-refractivity contribution in [2.24, 2.45) is 0 Å². The van der Waals surface area contributed by atoms with Crippen LogP contribution >= 0.6 is 11.6 Å². The lowest BCUT2D eigenvalue weighted by Gasteiger charge is -2.37. The molecule has 10 heteroatoms. The first-order valence-corrected chi connectivity index (χ1v) is 11.3. The van der Waals surface area contributed by atoms with E-state index in [4.69, 9.17) is 16.3 Å². The number of ether oxygens (including phenoxy) is 1. The van der Waals surface area contributed by atoms with E-state index in [2.05, 4.69) is 4.90 Å². The number of aromatic nitrogens is 1. The normalized spacial score (nSPS) is 15.9. The maximum Gasteiger partial charge on any atom is 0.325 e. The molecule has 0 spiro atoms. The molecule has 1 aromatic heterocycles. The summed E-state index contributed by atoms with van der Waals surface area (Å²) in [5, 5.41) is 20.5. The summed E-state index contributed by atoms with van der Waals surface area (Å²) in [6.45, 7) is 3.18. The van der Waals surface area contributed by atoms with Gasteiger partial charge in [0.15, 0.2) is 0 Å². The Kier molecular flexibility index (Phi) is 7.35. The highest BCUT2D eigenvalue weighted by atomic mass is 35.5. The van der Waals surface area contributed by atoms with Crippen molar-refractivity contribution in [1.82, 2.24) is 14.4 Å². The van der Waals surface area contributed by atoms with Gasteiger partial charge in [-0.05, 0) is 42.5 Å². The van der Waals surface area contributed by atoms with Gasteiger partial charge >= 0.3 is 11.9 Å². The fourth-order valence-electron chi connectivity index (χ4n) is 4.34. The first-order valence-electron chi connectivity index (χ1n) is 10.9. The Morgan fingerprint density at radius 2 is 1.76 bits per heavy atom. The van der Waals surface area contributed by atoms with Gasteiger partial charge in [0.05, 0.1) is 5.52 Å². The van der Waals surface area contributed by atoms with Gasteiger partial charge in [0.1, 0.15) is 30.8 Å². The van der Waals surface area contributed by atoms with Gasteiger partial charge in [-0.2, -0.15) is 0 Å². The maximum absolute atomic E-state index is 13.8. The number of rotatable bonds is 9. The van der Waals surface area contributed by atoms with Crippen molar-refractivity contribution in [2.75, 3.05) is 39.3 Å². The maximum atomic E-state index is 13.8. The fourth-order valence-corrected chi connectivity index (χ4v) is 4.47. The minimum atomic E-state index is -1.09. The largest absolute Gasteiger partial charge is 0.492 e. The third-order valence-corrected chi connectivity index (χ3v) is 6.22. The van der Waals surface area contributed by atoms with Crippen LogP contribution in [0.5, 0.6) is 5.75 Å².